The van der Waals surface area contributed by atoms with Crippen LogP contribution >= 0.6 is 0 Å². The number of hydrogen-bond acceptors (Lipinski definition) is 11. The van der Waals surface area contributed by atoms with E-state index in [-0.39, 0.29) is 28.8 Å². The molecule has 3 atom stereocenters. The van der Waals surface area contributed by atoms with Crippen LogP contribution in [0, 0.1) is 6.92 Å². The van der Waals surface area contributed by atoms with Crippen LogP contribution in [0.3, 0.4) is 0 Å². The van der Waals surface area contributed by atoms with Crippen molar-refractivity contribution in [3.63, 3.8) is 0 Å². The van der Waals surface area contributed by atoms with Gasteiger partial charge in [-0.05, 0) is 31.5 Å². The van der Waals surface area contributed by atoms with E-state index in [2.05, 4.69) is 35.2 Å². The molecule has 40 heavy (non-hydrogen) atoms. The largest absolute Gasteiger partial charge is 0.479 e. The van der Waals surface area contributed by atoms with E-state index in [0.717, 1.165) is 24.0 Å². The maximum atomic E-state index is 13.6. The van der Waals surface area contributed by atoms with Crippen molar-refractivity contribution in [1.29, 1.82) is 0 Å². The number of methoxy groups -OCH3 is 2. The minimum Gasteiger partial charge on any atom is -0.479 e. The number of sulfonamides is 1. The molecular formula is C24H27F3N8O4S. The molecular weight excluding hydrogens is 553 g/mol. The smallest absolute Gasteiger partial charge is 0.416 e. The standard InChI is InChI=1S/C24H27F3N8O4S/c1-13-10-28-19(29-11-13)14(2)15(3)40(36,37)34-23-33-32-20(16-7-6-8-17(9-16)24(25,26)27)35(23)18-21(38-4)30-12-31-22(18)39-5/h6-12,14-15,23,33-34H,1-5H3/t14-,15-,23?/m0/s1. The summed E-state index contributed by atoms with van der Waals surface area (Å²) in [6, 6.07) is 4.44. The molecule has 1 aromatic carbocycles. The second-order valence-corrected chi connectivity index (χ2v) is 11.0. The fourth-order valence-electron chi connectivity index (χ4n) is 3.94. The second kappa shape index (κ2) is 11.2. The lowest BCUT2D eigenvalue weighted by molar-refractivity contribution is -0.137. The molecule has 0 bridgehead atoms. The summed E-state index contributed by atoms with van der Waals surface area (Å²) < 4.78 is 80.9. The number of benzene rings is 1. The van der Waals surface area contributed by atoms with Crippen molar-refractivity contribution in [2.75, 3.05) is 19.1 Å². The van der Waals surface area contributed by atoms with Gasteiger partial charge in [-0.3, -0.25) is 10.3 Å². The molecule has 1 aliphatic rings. The number of nitrogens with one attached hydrogen (secondary N) is 2. The van der Waals surface area contributed by atoms with Gasteiger partial charge < -0.3 is 9.47 Å². The minimum absolute atomic E-state index is 0.0314. The molecule has 16 heteroatoms. The van der Waals surface area contributed by atoms with Crippen molar-refractivity contribution in [3.8, 4) is 11.8 Å². The van der Waals surface area contributed by atoms with Crippen LogP contribution in [-0.2, 0) is 16.2 Å². The molecule has 0 saturated carbocycles. The Balaban J connectivity index is 1.75. The first-order valence-electron chi connectivity index (χ1n) is 11.9. The lowest BCUT2D eigenvalue weighted by Crippen LogP contribution is -2.55. The van der Waals surface area contributed by atoms with Gasteiger partial charge in [0.2, 0.25) is 21.8 Å². The van der Waals surface area contributed by atoms with E-state index in [1.165, 1.54) is 38.2 Å². The van der Waals surface area contributed by atoms with Crippen LogP contribution in [-0.4, -0.2) is 59.9 Å². The summed E-state index contributed by atoms with van der Waals surface area (Å²) >= 11 is 0. The third kappa shape index (κ3) is 5.77. The van der Waals surface area contributed by atoms with Crippen LogP contribution in [0.5, 0.6) is 11.8 Å². The molecule has 0 saturated heterocycles. The van der Waals surface area contributed by atoms with E-state index >= 15 is 0 Å². The molecule has 0 spiro atoms. The first-order valence-corrected chi connectivity index (χ1v) is 13.4. The Kier molecular flexibility index (Phi) is 8.11. The number of anilines is 1. The number of halogens is 3. The number of rotatable bonds is 9. The maximum absolute atomic E-state index is 13.6. The van der Waals surface area contributed by atoms with Crippen molar-refractivity contribution in [1.82, 2.24) is 30.1 Å². The molecule has 2 aromatic heterocycles. The SMILES string of the molecule is COc1ncnc(OC)c1N1C(c2cccc(C(F)(F)F)c2)=NNC1NS(=O)(=O)[C@@H](C)[C@H](C)c1ncc(C)cn1. The third-order valence-electron chi connectivity index (χ3n) is 6.29. The topological polar surface area (TPSA) is 144 Å². The molecule has 2 N–H and O–H groups in total. The zero-order chi connectivity index (χ0) is 29.2. The van der Waals surface area contributed by atoms with E-state index in [1.54, 1.807) is 19.3 Å². The molecule has 1 unspecified atom stereocenters. The average molecular weight is 581 g/mol. The van der Waals surface area contributed by atoms with Gasteiger partial charge in [0.05, 0.1) is 25.0 Å². The molecule has 214 valence electrons. The van der Waals surface area contributed by atoms with Crippen molar-refractivity contribution in [2.24, 2.45) is 5.10 Å². The van der Waals surface area contributed by atoms with Gasteiger partial charge in [-0.25, -0.2) is 18.4 Å². The summed E-state index contributed by atoms with van der Waals surface area (Å²) in [6.45, 7) is 4.99. The van der Waals surface area contributed by atoms with E-state index in [4.69, 9.17) is 9.47 Å². The van der Waals surface area contributed by atoms with Crippen LogP contribution < -0.4 is 24.5 Å². The highest BCUT2D eigenvalue weighted by atomic mass is 32.2. The zero-order valence-corrected chi connectivity index (χ0v) is 22.9. The Morgan fingerprint density at radius 3 is 2.25 bits per heavy atom. The monoisotopic (exact) mass is 580 g/mol. The first kappa shape index (κ1) is 28.9. The van der Waals surface area contributed by atoms with E-state index in [1.807, 2.05) is 6.92 Å². The minimum atomic E-state index is -4.62. The van der Waals surface area contributed by atoms with Gasteiger partial charge in [0.15, 0.2) is 17.8 Å². The molecule has 0 amide bonds. The van der Waals surface area contributed by atoms with Crippen molar-refractivity contribution in [2.45, 2.75) is 44.4 Å². The molecule has 4 rings (SSSR count). The van der Waals surface area contributed by atoms with Crippen LogP contribution in [0.2, 0.25) is 0 Å². The van der Waals surface area contributed by atoms with Crippen molar-refractivity contribution >= 4 is 21.5 Å². The van der Waals surface area contributed by atoms with E-state index in [9.17, 15) is 21.6 Å². The summed E-state index contributed by atoms with van der Waals surface area (Å²) in [5.41, 5.74) is 2.63. The number of amidine groups is 1. The predicted octanol–water partition coefficient (Wildman–Crippen LogP) is 2.78. The van der Waals surface area contributed by atoms with Crippen LogP contribution in [0.25, 0.3) is 0 Å². The molecule has 3 heterocycles. The van der Waals surface area contributed by atoms with Gasteiger partial charge in [-0.1, -0.05) is 19.1 Å². The summed E-state index contributed by atoms with van der Waals surface area (Å²) in [5, 5.41) is 3.16. The second-order valence-electron chi connectivity index (χ2n) is 8.93. The average Bonchev–Trinajstić information content (AvgIpc) is 3.33. The number of hydrogen-bond donors (Lipinski definition) is 2. The highest BCUT2D eigenvalue weighted by molar-refractivity contribution is 7.90. The number of ether oxygens (including phenoxy) is 2. The Morgan fingerprint density at radius 1 is 1.05 bits per heavy atom. The van der Waals surface area contributed by atoms with E-state index in [0.29, 0.717) is 5.82 Å². The molecule has 0 aliphatic carbocycles. The highest BCUT2D eigenvalue weighted by Crippen LogP contribution is 2.38. The molecule has 3 aromatic rings. The molecule has 0 fully saturated rings. The van der Waals surface area contributed by atoms with Crippen LogP contribution in [0.4, 0.5) is 18.9 Å². The van der Waals surface area contributed by atoms with Crippen LogP contribution in [0.15, 0.2) is 48.1 Å². The van der Waals surface area contributed by atoms with Crippen LogP contribution in [0.1, 0.15) is 42.3 Å². The molecule has 12 nitrogen and oxygen atoms in total. The molecule has 1 aliphatic heterocycles. The Morgan fingerprint density at radius 2 is 1.68 bits per heavy atom. The Hall–Kier alpha value is -4.05. The zero-order valence-electron chi connectivity index (χ0n) is 22.1. The number of aromatic nitrogens is 4. The van der Waals surface area contributed by atoms with E-state index < -0.39 is 39.2 Å². The fourth-order valence-corrected chi connectivity index (χ4v) is 5.28. The number of alkyl halides is 3. The Bertz CT molecular complexity index is 1480. The van der Waals surface area contributed by atoms with Gasteiger partial charge in [-0.2, -0.15) is 33.0 Å². The third-order valence-corrected chi connectivity index (χ3v) is 8.23. The molecule has 0 radical (unpaired) electrons. The quantitative estimate of drug-likeness (QED) is 0.388. The summed E-state index contributed by atoms with van der Waals surface area (Å²) in [7, 11) is -1.49. The van der Waals surface area contributed by atoms with Gasteiger partial charge in [-0.15, -0.1) is 0 Å². The summed E-state index contributed by atoms with van der Waals surface area (Å²) in [5.74, 6) is -0.406. The Labute approximate surface area is 228 Å². The lowest BCUT2D eigenvalue weighted by Gasteiger charge is -2.30. The summed E-state index contributed by atoms with van der Waals surface area (Å²) in [4.78, 5) is 17.9. The maximum Gasteiger partial charge on any atom is 0.416 e. The summed E-state index contributed by atoms with van der Waals surface area (Å²) in [6.07, 6.45) is -1.60. The predicted molar refractivity (Wildman–Crippen MR) is 139 cm³/mol. The highest BCUT2D eigenvalue weighted by Gasteiger charge is 2.41. The fraction of sp³-hybridized carbons (Fsp3) is 0.375. The van der Waals surface area contributed by atoms with Gasteiger partial charge >= 0.3 is 6.18 Å². The van der Waals surface area contributed by atoms with Crippen molar-refractivity contribution in [3.05, 3.63) is 65.5 Å². The van der Waals surface area contributed by atoms with Gasteiger partial charge in [0, 0.05) is 23.9 Å². The normalized spacial score (nSPS) is 17.1. The number of hydrazone groups is 1. The van der Waals surface area contributed by atoms with Crippen molar-refractivity contribution < 1.29 is 31.1 Å². The van der Waals surface area contributed by atoms with Gasteiger partial charge in [0.25, 0.3) is 0 Å². The van der Waals surface area contributed by atoms with Gasteiger partial charge in [0.1, 0.15) is 12.2 Å². The first-order chi connectivity index (χ1) is 18.9. The number of aryl methyl sites for hydroxylation is 1. The lowest BCUT2D eigenvalue weighted by atomic mass is 10.1. The number of nitrogens with zero attached hydrogens (tertiary/aromatic N) is 6.